The van der Waals surface area contributed by atoms with Gasteiger partial charge in [0.25, 0.3) is 0 Å². The second-order valence-corrected chi connectivity index (χ2v) is 11.3. The molecular formula is C41H27N. The van der Waals surface area contributed by atoms with Gasteiger partial charge in [-0.15, -0.1) is 0 Å². The lowest BCUT2D eigenvalue weighted by Gasteiger charge is -2.40. The number of hydrogen-bond donors (Lipinski definition) is 0. The van der Waals surface area contributed by atoms with Crippen LogP contribution in [0.3, 0.4) is 0 Å². The highest BCUT2D eigenvalue weighted by molar-refractivity contribution is 6.07. The molecule has 0 N–H and O–H groups in total. The molecule has 2 aliphatic carbocycles. The molecule has 0 aromatic heterocycles. The summed E-state index contributed by atoms with van der Waals surface area (Å²) in [6, 6.07) is 60.2. The van der Waals surface area contributed by atoms with E-state index in [-0.39, 0.29) is 0 Å². The van der Waals surface area contributed by atoms with E-state index in [1.54, 1.807) is 0 Å². The molecule has 0 atom stereocenters. The Labute approximate surface area is 246 Å². The van der Waals surface area contributed by atoms with Crippen LogP contribution in [0, 0.1) is 0 Å². The van der Waals surface area contributed by atoms with Gasteiger partial charge in [-0.1, -0.05) is 127 Å². The first-order valence-corrected chi connectivity index (χ1v) is 14.6. The summed E-state index contributed by atoms with van der Waals surface area (Å²) in [7, 11) is 0. The molecule has 1 heteroatoms. The Morgan fingerprint density at radius 3 is 1.48 bits per heavy atom. The van der Waals surface area contributed by atoms with Crippen molar-refractivity contribution in [1.29, 1.82) is 0 Å². The highest BCUT2D eigenvalue weighted by Crippen LogP contribution is 2.62. The fourth-order valence-electron chi connectivity index (χ4n) is 7.66. The zero-order valence-electron chi connectivity index (χ0n) is 23.0. The Morgan fingerprint density at radius 2 is 0.833 bits per heavy atom. The van der Waals surface area contributed by atoms with E-state index in [1.807, 2.05) is 0 Å². The molecule has 7 aromatic carbocycles. The van der Waals surface area contributed by atoms with Crippen molar-refractivity contribution in [2.75, 3.05) is 4.90 Å². The third kappa shape index (κ3) is 3.03. The topological polar surface area (TPSA) is 3.24 Å². The van der Waals surface area contributed by atoms with E-state index in [0.29, 0.717) is 0 Å². The molecule has 1 nitrogen and oxygen atoms in total. The van der Waals surface area contributed by atoms with Gasteiger partial charge in [0.2, 0.25) is 0 Å². The first-order chi connectivity index (χ1) is 20.9. The summed E-state index contributed by atoms with van der Waals surface area (Å²) in [6.45, 7) is 0. The van der Waals surface area contributed by atoms with Crippen molar-refractivity contribution in [2.24, 2.45) is 0 Å². The number of hydrogen-bond acceptors (Lipinski definition) is 1. The third-order valence-electron chi connectivity index (χ3n) is 9.25. The van der Waals surface area contributed by atoms with Crippen LogP contribution in [0.1, 0.15) is 22.3 Å². The molecular weight excluding hydrogens is 506 g/mol. The highest BCUT2D eigenvalue weighted by atomic mass is 15.1. The van der Waals surface area contributed by atoms with Crippen LogP contribution >= 0.6 is 0 Å². The maximum atomic E-state index is 2.46. The summed E-state index contributed by atoms with van der Waals surface area (Å²) in [4.78, 5) is 2.38. The molecule has 0 bridgehead atoms. The maximum absolute atomic E-state index is 2.46. The van der Waals surface area contributed by atoms with Gasteiger partial charge in [0.15, 0.2) is 0 Å². The van der Waals surface area contributed by atoms with Crippen LogP contribution in [0.5, 0.6) is 0 Å². The Hall–Kier alpha value is -5.40. The fourth-order valence-corrected chi connectivity index (χ4v) is 7.66. The van der Waals surface area contributed by atoms with Crippen LogP contribution in [0.4, 0.5) is 17.1 Å². The van der Waals surface area contributed by atoms with Crippen molar-refractivity contribution in [3.63, 3.8) is 0 Å². The average molecular weight is 534 g/mol. The largest absolute Gasteiger partial charge is 0.310 e. The normalized spacial score (nSPS) is 13.4. The van der Waals surface area contributed by atoms with Crippen molar-refractivity contribution >= 4 is 27.8 Å². The zero-order chi connectivity index (χ0) is 27.7. The molecule has 42 heavy (non-hydrogen) atoms. The number of rotatable bonds is 3. The standard InChI is InChI=1S/C41H27N/c1-3-15-29(16-4-1)42(30-17-5-2-6-18-30)31-25-26-34-35-21-11-13-28-14-12-24-38(40(28)35)41(39(34)27-31)36-22-9-7-19-32(36)33-20-8-10-23-37(33)41/h1-27H. The van der Waals surface area contributed by atoms with E-state index in [2.05, 4.69) is 169 Å². The SMILES string of the molecule is c1ccc(N(c2ccccc2)c2ccc3c(c2)C2(c4ccccc4-c4ccccc42)c2cccc4cccc-3c24)cc1. The predicted molar refractivity (Wildman–Crippen MR) is 175 cm³/mol. The van der Waals surface area contributed by atoms with Crippen molar-refractivity contribution < 1.29 is 0 Å². The molecule has 0 saturated heterocycles. The minimum atomic E-state index is -0.425. The molecule has 0 fully saturated rings. The molecule has 7 aromatic rings. The molecule has 0 radical (unpaired) electrons. The van der Waals surface area contributed by atoms with Gasteiger partial charge in [0, 0.05) is 17.1 Å². The molecule has 0 saturated carbocycles. The van der Waals surface area contributed by atoms with Gasteiger partial charge >= 0.3 is 0 Å². The number of nitrogens with zero attached hydrogens (tertiary/aromatic N) is 1. The monoisotopic (exact) mass is 533 g/mol. The predicted octanol–water partition coefficient (Wildman–Crippen LogP) is 10.7. The molecule has 1 spiro atoms. The fraction of sp³-hybridized carbons (Fsp3) is 0.0244. The van der Waals surface area contributed by atoms with Gasteiger partial charge in [-0.3, -0.25) is 0 Å². The van der Waals surface area contributed by atoms with Crippen LogP contribution < -0.4 is 4.90 Å². The minimum Gasteiger partial charge on any atom is -0.310 e. The van der Waals surface area contributed by atoms with Crippen LogP contribution in [0.2, 0.25) is 0 Å². The summed E-state index contributed by atoms with van der Waals surface area (Å²) in [5.74, 6) is 0. The zero-order valence-corrected chi connectivity index (χ0v) is 23.0. The lowest BCUT2D eigenvalue weighted by atomic mass is 9.61. The second-order valence-electron chi connectivity index (χ2n) is 11.3. The number of para-hydroxylation sites is 2. The lowest BCUT2D eigenvalue weighted by molar-refractivity contribution is 0.773. The number of benzene rings is 7. The molecule has 9 rings (SSSR count). The number of anilines is 3. The minimum absolute atomic E-state index is 0.425. The van der Waals surface area contributed by atoms with Gasteiger partial charge in [-0.05, 0) is 91.7 Å². The Bertz CT molecular complexity index is 2050. The summed E-state index contributed by atoms with van der Waals surface area (Å²) in [5.41, 5.74) is 13.7. The smallest absolute Gasteiger partial charge is 0.0726 e. The van der Waals surface area contributed by atoms with Gasteiger partial charge in [0.1, 0.15) is 0 Å². The van der Waals surface area contributed by atoms with E-state index in [9.17, 15) is 0 Å². The quantitative estimate of drug-likeness (QED) is 0.218. The van der Waals surface area contributed by atoms with Crippen molar-refractivity contribution in [3.8, 4) is 22.3 Å². The molecule has 0 heterocycles. The van der Waals surface area contributed by atoms with Crippen LogP contribution in [-0.2, 0) is 5.41 Å². The van der Waals surface area contributed by atoms with E-state index in [4.69, 9.17) is 0 Å². The average Bonchev–Trinajstić information content (AvgIpc) is 3.36. The van der Waals surface area contributed by atoms with Crippen LogP contribution in [0.25, 0.3) is 33.0 Å². The first kappa shape index (κ1) is 23.3. The van der Waals surface area contributed by atoms with Crippen molar-refractivity contribution in [1.82, 2.24) is 0 Å². The van der Waals surface area contributed by atoms with Gasteiger partial charge in [0.05, 0.1) is 5.41 Å². The molecule has 196 valence electrons. The Balaban J connectivity index is 1.43. The van der Waals surface area contributed by atoms with E-state index < -0.39 is 5.41 Å². The maximum Gasteiger partial charge on any atom is 0.0726 e. The van der Waals surface area contributed by atoms with Gasteiger partial charge in [-0.25, -0.2) is 0 Å². The van der Waals surface area contributed by atoms with Crippen molar-refractivity contribution in [3.05, 3.63) is 186 Å². The Morgan fingerprint density at radius 1 is 0.333 bits per heavy atom. The highest BCUT2D eigenvalue weighted by Gasteiger charge is 2.50. The van der Waals surface area contributed by atoms with Crippen LogP contribution in [-0.4, -0.2) is 0 Å². The summed E-state index contributed by atoms with van der Waals surface area (Å²) in [5, 5.41) is 2.64. The van der Waals surface area contributed by atoms with E-state index in [1.165, 1.54) is 55.3 Å². The molecule has 2 aliphatic rings. The molecule has 0 aliphatic heterocycles. The molecule has 0 unspecified atom stereocenters. The first-order valence-electron chi connectivity index (χ1n) is 14.6. The van der Waals surface area contributed by atoms with Gasteiger partial charge in [-0.2, -0.15) is 0 Å². The van der Waals surface area contributed by atoms with E-state index >= 15 is 0 Å². The Kier molecular flexibility index (Phi) is 4.88. The van der Waals surface area contributed by atoms with Crippen LogP contribution in [0.15, 0.2) is 164 Å². The van der Waals surface area contributed by atoms with E-state index in [0.717, 1.165) is 17.1 Å². The van der Waals surface area contributed by atoms with Gasteiger partial charge < -0.3 is 4.90 Å². The summed E-state index contributed by atoms with van der Waals surface area (Å²) < 4.78 is 0. The third-order valence-corrected chi connectivity index (χ3v) is 9.25. The van der Waals surface area contributed by atoms with Crippen molar-refractivity contribution in [2.45, 2.75) is 5.41 Å². The lowest BCUT2D eigenvalue weighted by Crippen LogP contribution is -2.32. The number of fused-ring (bicyclic) bond motifs is 9. The second kappa shape index (κ2) is 8.80. The molecule has 0 amide bonds. The summed E-state index contributed by atoms with van der Waals surface area (Å²) in [6.07, 6.45) is 0. The summed E-state index contributed by atoms with van der Waals surface area (Å²) >= 11 is 0.